The third-order valence-electron chi connectivity index (χ3n) is 3.04. The number of nitrogens with one attached hydrogen (secondary N) is 1. The van der Waals surface area contributed by atoms with E-state index in [9.17, 15) is 4.39 Å². The van der Waals surface area contributed by atoms with Gasteiger partial charge in [0.15, 0.2) is 5.82 Å². The average molecular weight is 366 g/mol. The summed E-state index contributed by atoms with van der Waals surface area (Å²) < 4.78 is 14.8. The van der Waals surface area contributed by atoms with Crippen LogP contribution >= 0.6 is 27.3 Å². The summed E-state index contributed by atoms with van der Waals surface area (Å²) in [5.41, 5.74) is 0.402. The predicted molar refractivity (Wildman–Crippen MR) is 89.3 cm³/mol. The van der Waals surface area contributed by atoms with Gasteiger partial charge < -0.3 is 5.32 Å². The Bertz CT molecular complexity index is 788. The molecule has 2 heterocycles. The molecule has 0 atom stereocenters. The molecule has 3 rings (SSSR count). The molecule has 0 fully saturated rings. The molecule has 2 aromatic heterocycles. The van der Waals surface area contributed by atoms with Gasteiger partial charge in [0.05, 0.1) is 10.9 Å². The Labute approximate surface area is 134 Å². The summed E-state index contributed by atoms with van der Waals surface area (Å²) in [6.07, 6.45) is 0.996. The monoisotopic (exact) mass is 365 g/mol. The molecule has 0 saturated carbocycles. The Kier molecular flexibility index (Phi) is 4.17. The molecule has 0 aliphatic carbocycles. The van der Waals surface area contributed by atoms with Gasteiger partial charge in [-0.15, -0.1) is 11.3 Å². The summed E-state index contributed by atoms with van der Waals surface area (Å²) >= 11 is 4.89. The van der Waals surface area contributed by atoms with Gasteiger partial charge in [-0.2, -0.15) is 0 Å². The van der Waals surface area contributed by atoms with Crippen molar-refractivity contribution in [3.05, 3.63) is 39.9 Å². The third kappa shape index (κ3) is 2.91. The maximum absolute atomic E-state index is 14.0. The van der Waals surface area contributed by atoms with Crippen LogP contribution in [0.3, 0.4) is 0 Å². The molecule has 21 heavy (non-hydrogen) atoms. The second kappa shape index (κ2) is 6.07. The number of nitrogens with zero attached hydrogens (tertiary/aromatic N) is 2. The van der Waals surface area contributed by atoms with Crippen LogP contribution in [0.2, 0.25) is 0 Å². The lowest BCUT2D eigenvalue weighted by Gasteiger charge is -2.09. The summed E-state index contributed by atoms with van der Waals surface area (Å²) in [6, 6.07) is 6.77. The van der Waals surface area contributed by atoms with Crippen LogP contribution in [-0.4, -0.2) is 16.5 Å². The normalized spacial score (nSPS) is 11.0. The molecule has 0 saturated heterocycles. The standard InChI is InChI=1S/C15H13BrFN3S/c1-2-6-18-13-10-5-7-21-15(10)20-14(19-13)11-8-9(16)3-4-12(11)17/h3-5,7-8H,2,6H2,1H3,(H,18,19,20). The fourth-order valence-electron chi connectivity index (χ4n) is 2.02. The van der Waals surface area contributed by atoms with Crippen LogP contribution in [0.4, 0.5) is 10.2 Å². The first-order chi connectivity index (χ1) is 10.2. The number of thiophene rings is 1. The maximum atomic E-state index is 14.0. The molecule has 0 aliphatic rings. The molecular weight excluding hydrogens is 353 g/mol. The first-order valence-electron chi connectivity index (χ1n) is 6.63. The molecule has 0 radical (unpaired) electrons. The number of rotatable bonds is 4. The van der Waals surface area contributed by atoms with Crippen molar-refractivity contribution in [3.63, 3.8) is 0 Å². The van der Waals surface area contributed by atoms with Gasteiger partial charge in [-0.05, 0) is 36.1 Å². The highest BCUT2D eigenvalue weighted by molar-refractivity contribution is 9.10. The molecule has 1 N–H and O–H groups in total. The molecule has 0 bridgehead atoms. The fraction of sp³-hybridized carbons (Fsp3) is 0.200. The SMILES string of the molecule is CCCNc1nc(-c2cc(Br)ccc2F)nc2sccc12. The Balaban J connectivity index is 2.16. The lowest BCUT2D eigenvalue weighted by atomic mass is 10.2. The molecule has 3 aromatic rings. The van der Waals surface area contributed by atoms with Crippen LogP contribution in [0.25, 0.3) is 21.6 Å². The highest BCUT2D eigenvalue weighted by Crippen LogP contribution is 2.30. The Morgan fingerprint density at radius 3 is 2.95 bits per heavy atom. The van der Waals surface area contributed by atoms with E-state index in [1.54, 1.807) is 12.1 Å². The van der Waals surface area contributed by atoms with Crippen molar-refractivity contribution in [3.8, 4) is 11.4 Å². The van der Waals surface area contributed by atoms with Gasteiger partial charge in [0.2, 0.25) is 0 Å². The first-order valence-corrected chi connectivity index (χ1v) is 8.31. The minimum absolute atomic E-state index is 0.324. The lowest BCUT2D eigenvalue weighted by molar-refractivity contribution is 0.630. The number of benzene rings is 1. The molecule has 108 valence electrons. The quantitative estimate of drug-likeness (QED) is 0.700. The third-order valence-corrected chi connectivity index (χ3v) is 4.34. The number of aromatic nitrogens is 2. The van der Waals surface area contributed by atoms with Crippen molar-refractivity contribution < 1.29 is 4.39 Å². The van der Waals surface area contributed by atoms with Crippen molar-refractivity contribution in [2.75, 3.05) is 11.9 Å². The summed E-state index contributed by atoms with van der Waals surface area (Å²) in [6.45, 7) is 2.91. The molecule has 6 heteroatoms. The number of hydrogen-bond donors (Lipinski definition) is 1. The van der Waals surface area contributed by atoms with Crippen molar-refractivity contribution >= 4 is 43.3 Å². The van der Waals surface area contributed by atoms with Gasteiger partial charge in [-0.3, -0.25) is 0 Å². The summed E-state index contributed by atoms with van der Waals surface area (Å²) in [4.78, 5) is 9.85. The van der Waals surface area contributed by atoms with Crippen LogP contribution in [-0.2, 0) is 0 Å². The maximum Gasteiger partial charge on any atom is 0.166 e. The van der Waals surface area contributed by atoms with Crippen LogP contribution in [0.15, 0.2) is 34.1 Å². The Hall–Kier alpha value is -1.53. The average Bonchev–Trinajstić information content (AvgIpc) is 2.95. The largest absolute Gasteiger partial charge is 0.369 e. The van der Waals surface area contributed by atoms with Crippen molar-refractivity contribution in [2.24, 2.45) is 0 Å². The van der Waals surface area contributed by atoms with E-state index in [2.05, 4.69) is 38.1 Å². The van der Waals surface area contributed by atoms with Crippen molar-refractivity contribution in [1.29, 1.82) is 0 Å². The highest BCUT2D eigenvalue weighted by atomic mass is 79.9. The number of fused-ring (bicyclic) bond motifs is 1. The molecule has 0 spiro atoms. The van der Waals surface area contributed by atoms with E-state index in [0.29, 0.717) is 11.4 Å². The van der Waals surface area contributed by atoms with Crippen LogP contribution in [0.5, 0.6) is 0 Å². The minimum Gasteiger partial charge on any atom is -0.369 e. The van der Waals surface area contributed by atoms with Crippen LogP contribution in [0, 0.1) is 5.82 Å². The van der Waals surface area contributed by atoms with Gasteiger partial charge in [0.1, 0.15) is 16.5 Å². The van der Waals surface area contributed by atoms with Gasteiger partial charge in [-0.1, -0.05) is 22.9 Å². The van der Waals surface area contributed by atoms with Crippen LogP contribution in [0.1, 0.15) is 13.3 Å². The summed E-state index contributed by atoms with van der Waals surface area (Å²) in [7, 11) is 0. The van der Waals surface area contributed by atoms with E-state index in [1.165, 1.54) is 17.4 Å². The molecule has 0 unspecified atom stereocenters. The molecule has 1 aromatic carbocycles. The number of halogens is 2. The first kappa shape index (κ1) is 14.4. The van der Waals surface area contributed by atoms with E-state index < -0.39 is 0 Å². The van der Waals surface area contributed by atoms with Gasteiger partial charge in [0.25, 0.3) is 0 Å². The zero-order valence-corrected chi connectivity index (χ0v) is 13.8. The Morgan fingerprint density at radius 1 is 1.29 bits per heavy atom. The molecule has 3 nitrogen and oxygen atoms in total. The second-order valence-electron chi connectivity index (χ2n) is 4.59. The van der Waals surface area contributed by atoms with E-state index in [-0.39, 0.29) is 5.82 Å². The number of hydrogen-bond acceptors (Lipinski definition) is 4. The Morgan fingerprint density at radius 2 is 2.14 bits per heavy atom. The smallest absolute Gasteiger partial charge is 0.166 e. The summed E-state index contributed by atoms with van der Waals surface area (Å²) in [5, 5.41) is 6.24. The van der Waals surface area contributed by atoms with E-state index in [0.717, 1.165) is 33.5 Å². The zero-order chi connectivity index (χ0) is 14.8. The van der Waals surface area contributed by atoms with Crippen molar-refractivity contribution in [1.82, 2.24) is 9.97 Å². The van der Waals surface area contributed by atoms with Crippen LogP contribution < -0.4 is 5.32 Å². The van der Waals surface area contributed by atoms with Crippen molar-refractivity contribution in [2.45, 2.75) is 13.3 Å². The molecule has 0 aliphatic heterocycles. The van der Waals surface area contributed by atoms with Gasteiger partial charge >= 0.3 is 0 Å². The second-order valence-corrected chi connectivity index (χ2v) is 6.40. The highest BCUT2D eigenvalue weighted by Gasteiger charge is 2.13. The van der Waals surface area contributed by atoms with E-state index in [1.807, 2.05) is 11.4 Å². The topological polar surface area (TPSA) is 37.8 Å². The fourth-order valence-corrected chi connectivity index (χ4v) is 3.15. The van der Waals surface area contributed by atoms with E-state index in [4.69, 9.17) is 0 Å². The van der Waals surface area contributed by atoms with E-state index >= 15 is 0 Å². The van der Waals surface area contributed by atoms with Gasteiger partial charge in [0, 0.05) is 11.0 Å². The predicted octanol–water partition coefficient (Wildman–Crippen LogP) is 5.08. The minimum atomic E-state index is -0.324. The summed E-state index contributed by atoms with van der Waals surface area (Å²) in [5.74, 6) is 0.843. The van der Waals surface area contributed by atoms with Gasteiger partial charge in [-0.25, -0.2) is 14.4 Å². The molecule has 0 amide bonds. The molecular formula is C15H13BrFN3S. The number of anilines is 1. The zero-order valence-electron chi connectivity index (χ0n) is 11.4. The lowest BCUT2D eigenvalue weighted by Crippen LogP contribution is -2.04.